The van der Waals surface area contributed by atoms with E-state index in [1.807, 2.05) is 4.90 Å². The van der Waals surface area contributed by atoms with Crippen molar-refractivity contribution in [2.45, 2.75) is 50.1 Å². The SMILES string of the molecule is O=C(CSc1nc(=O)n(CCCO)c2c1CCC2)N1CCCC1. The van der Waals surface area contributed by atoms with Crippen LogP contribution in [0.4, 0.5) is 0 Å². The van der Waals surface area contributed by atoms with Crippen molar-refractivity contribution < 1.29 is 9.90 Å². The number of aliphatic hydroxyl groups excluding tert-OH is 1. The van der Waals surface area contributed by atoms with E-state index >= 15 is 0 Å². The number of carbonyl (C=O) groups excluding carboxylic acids is 1. The number of aliphatic hydroxyl groups is 1. The van der Waals surface area contributed by atoms with Crippen LogP contribution in [0.5, 0.6) is 0 Å². The summed E-state index contributed by atoms with van der Waals surface area (Å²) in [7, 11) is 0. The van der Waals surface area contributed by atoms with E-state index < -0.39 is 0 Å². The van der Waals surface area contributed by atoms with Crippen LogP contribution in [0.25, 0.3) is 0 Å². The van der Waals surface area contributed by atoms with Crippen LogP contribution in [0, 0.1) is 0 Å². The molecule has 7 heteroatoms. The zero-order valence-electron chi connectivity index (χ0n) is 13.3. The number of rotatable bonds is 6. The van der Waals surface area contributed by atoms with Gasteiger partial charge in [0.1, 0.15) is 5.03 Å². The van der Waals surface area contributed by atoms with E-state index in [2.05, 4.69) is 4.98 Å². The van der Waals surface area contributed by atoms with Crippen molar-refractivity contribution in [1.29, 1.82) is 0 Å². The molecule has 126 valence electrons. The predicted molar refractivity (Wildman–Crippen MR) is 88.8 cm³/mol. The Hall–Kier alpha value is -1.34. The van der Waals surface area contributed by atoms with Crippen LogP contribution in [-0.4, -0.2) is 50.9 Å². The lowest BCUT2D eigenvalue weighted by atomic mass is 10.2. The third kappa shape index (κ3) is 3.61. The summed E-state index contributed by atoms with van der Waals surface area (Å²) in [4.78, 5) is 30.6. The van der Waals surface area contributed by atoms with Gasteiger partial charge in [0.15, 0.2) is 0 Å². The average molecular weight is 337 g/mol. The molecule has 1 amide bonds. The summed E-state index contributed by atoms with van der Waals surface area (Å²) in [5, 5.41) is 9.72. The summed E-state index contributed by atoms with van der Waals surface area (Å²) in [6, 6.07) is 0. The van der Waals surface area contributed by atoms with Crippen LogP contribution in [0.2, 0.25) is 0 Å². The zero-order chi connectivity index (χ0) is 16.2. The molecule has 1 N–H and O–H groups in total. The smallest absolute Gasteiger partial charge is 0.348 e. The highest BCUT2D eigenvalue weighted by Crippen LogP contribution is 2.29. The number of thioether (sulfide) groups is 1. The van der Waals surface area contributed by atoms with Crippen molar-refractivity contribution in [2.24, 2.45) is 0 Å². The molecule has 0 saturated carbocycles. The molecule has 2 aliphatic rings. The second-order valence-corrected chi connectivity index (χ2v) is 7.05. The number of nitrogens with zero attached hydrogens (tertiary/aromatic N) is 3. The molecule has 1 aromatic heterocycles. The Labute approximate surface area is 139 Å². The normalized spacial score (nSPS) is 16.8. The number of hydrogen-bond acceptors (Lipinski definition) is 5. The summed E-state index contributed by atoms with van der Waals surface area (Å²) in [6.07, 6.45) is 5.56. The summed E-state index contributed by atoms with van der Waals surface area (Å²) in [6.45, 7) is 2.30. The highest BCUT2D eigenvalue weighted by molar-refractivity contribution is 7.99. The van der Waals surface area contributed by atoms with Gasteiger partial charge in [-0.1, -0.05) is 11.8 Å². The maximum Gasteiger partial charge on any atom is 0.348 e. The second kappa shape index (κ2) is 7.49. The van der Waals surface area contributed by atoms with Crippen molar-refractivity contribution in [1.82, 2.24) is 14.5 Å². The van der Waals surface area contributed by atoms with Crippen LogP contribution in [0.15, 0.2) is 9.82 Å². The minimum Gasteiger partial charge on any atom is -0.396 e. The second-order valence-electron chi connectivity index (χ2n) is 6.08. The van der Waals surface area contributed by atoms with Gasteiger partial charge in [0.05, 0.1) is 5.75 Å². The molecule has 1 aliphatic carbocycles. The number of likely N-dealkylation sites (tertiary alicyclic amines) is 1. The van der Waals surface area contributed by atoms with Crippen LogP contribution in [0.3, 0.4) is 0 Å². The lowest BCUT2D eigenvalue weighted by Crippen LogP contribution is -2.30. The lowest BCUT2D eigenvalue weighted by Gasteiger charge is -2.16. The van der Waals surface area contributed by atoms with Crippen LogP contribution >= 0.6 is 11.8 Å². The molecule has 1 aliphatic heterocycles. The average Bonchev–Trinajstić information content (AvgIpc) is 3.22. The summed E-state index contributed by atoms with van der Waals surface area (Å²) in [5.41, 5.74) is 1.92. The van der Waals surface area contributed by atoms with Gasteiger partial charge in [0, 0.05) is 37.5 Å². The van der Waals surface area contributed by atoms with Crippen molar-refractivity contribution in [3.05, 3.63) is 21.7 Å². The molecule has 2 heterocycles. The van der Waals surface area contributed by atoms with E-state index in [0.717, 1.165) is 61.5 Å². The molecule has 0 unspecified atom stereocenters. The molecule has 6 nitrogen and oxygen atoms in total. The predicted octanol–water partition coefficient (Wildman–Crippen LogP) is 0.829. The molecule has 0 atom stereocenters. The number of carbonyl (C=O) groups is 1. The highest BCUT2D eigenvalue weighted by Gasteiger charge is 2.23. The van der Waals surface area contributed by atoms with Gasteiger partial charge in [0.25, 0.3) is 0 Å². The van der Waals surface area contributed by atoms with E-state index in [9.17, 15) is 9.59 Å². The maximum atomic E-state index is 12.3. The monoisotopic (exact) mass is 337 g/mol. The van der Waals surface area contributed by atoms with Gasteiger partial charge in [0.2, 0.25) is 5.91 Å². The van der Waals surface area contributed by atoms with Gasteiger partial charge < -0.3 is 10.0 Å². The van der Waals surface area contributed by atoms with E-state index in [4.69, 9.17) is 5.11 Å². The van der Waals surface area contributed by atoms with Gasteiger partial charge in [-0.15, -0.1) is 0 Å². The third-order valence-electron chi connectivity index (χ3n) is 4.53. The number of hydrogen-bond donors (Lipinski definition) is 1. The first-order valence-electron chi connectivity index (χ1n) is 8.34. The zero-order valence-corrected chi connectivity index (χ0v) is 14.1. The Morgan fingerprint density at radius 2 is 2.00 bits per heavy atom. The van der Waals surface area contributed by atoms with E-state index in [1.54, 1.807) is 4.57 Å². The molecule has 0 aromatic carbocycles. The first-order chi connectivity index (χ1) is 11.2. The summed E-state index contributed by atoms with van der Waals surface area (Å²) < 4.78 is 1.70. The minimum atomic E-state index is -0.254. The van der Waals surface area contributed by atoms with Gasteiger partial charge in [-0.3, -0.25) is 9.36 Å². The quantitative estimate of drug-likeness (QED) is 0.615. The van der Waals surface area contributed by atoms with E-state index in [1.165, 1.54) is 11.8 Å². The van der Waals surface area contributed by atoms with Crippen molar-refractivity contribution in [2.75, 3.05) is 25.4 Å². The summed E-state index contributed by atoms with van der Waals surface area (Å²) >= 11 is 1.40. The van der Waals surface area contributed by atoms with E-state index in [0.29, 0.717) is 18.7 Å². The third-order valence-corrected chi connectivity index (χ3v) is 5.53. The first kappa shape index (κ1) is 16.5. The molecule has 23 heavy (non-hydrogen) atoms. The maximum absolute atomic E-state index is 12.3. The van der Waals surface area contributed by atoms with Gasteiger partial charge in [-0.25, -0.2) is 4.79 Å². The van der Waals surface area contributed by atoms with Crippen molar-refractivity contribution in [3.8, 4) is 0 Å². The molecular weight excluding hydrogens is 314 g/mol. The molecular formula is C16H23N3O3S. The summed E-state index contributed by atoms with van der Waals surface area (Å²) in [5.74, 6) is 0.505. The molecule has 0 spiro atoms. The Kier molecular flexibility index (Phi) is 5.38. The van der Waals surface area contributed by atoms with Gasteiger partial charge in [-0.05, 0) is 38.5 Å². The number of fused-ring (bicyclic) bond motifs is 1. The fraction of sp³-hybridized carbons (Fsp3) is 0.688. The highest BCUT2D eigenvalue weighted by atomic mass is 32.2. The Bertz CT molecular complexity index is 638. The topological polar surface area (TPSA) is 75.4 Å². The number of aromatic nitrogens is 2. The molecule has 3 rings (SSSR count). The fourth-order valence-corrected chi connectivity index (χ4v) is 4.33. The first-order valence-corrected chi connectivity index (χ1v) is 9.33. The Morgan fingerprint density at radius 1 is 1.22 bits per heavy atom. The minimum absolute atomic E-state index is 0.0715. The number of amides is 1. The molecule has 0 bridgehead atoms. The largest absolute Gasteiger partial charge is 0.396 e. The Morgan fingerprint density at radius 3 is 2.74 bits per heavy atom. The standard InChI is InChI=1S/C16H23N3O3S/c20-10-4-9-19-13-6-3-5-12(13)15(17-16(19)22)23-11-14(21)18-7-1-2-8-18/h20H,1-11H2. The van der Waals surface area contributed by atoms with Crippen LogP contribution in [0.1, 0.15) is 36.9 Å². The van der Waals surface area contributed by atoms with Crippen LogP contribution < -0.4 is 5.69 Å². The van der Waals surface area contributed by atoms with Crippen LogP contribution in [-0.2, 0) is 24.2 Å². The van der Waals surface area contributed by atoms with Crippen molar-refractivity contribution >= 4 is 17.7 Å². The van der Waals surface area contributed by atoms with E-state index in [-0.39, 0.29) is 18.2 Å². The van der Waals surface area contributed by atoms with Gasteiger partial charge in [-0.2, -0.15) is 4.98 Å². The molecule has 1 aromatic rings. The van der Waals surface area contributed by atoms with Crippen molar-refractivity contribution in [3.63, 3.8) is 0 Å². The fourth-order valence-electron chi connectivity index (χ4n) is 3.35. The molecule has 1 fully saturated rings. The Balaban J connectivity index is 1.75. The molecule has 1 saturated heterocycles. The lowest BCUT2D eigenvalue weighted by molar-refractivity contribution is -0.127. The van der Waals surface area contributed by atoms with Gasteiger partial charge >= 0.3 is 5.69 Å². The molecule has 0 radical (unpaired) electrons.